The highest BCUT2D eigenvalue weighted by Gasteiger charge is 2.26. The van der Waals surface area contributed by atoms with Gasteiger partial charge in [-0.15, -0.1) is 0 Å². The first-order chi connectivity index (χ1) is 12.4. The number of aromatic nitrogens is 2. The van der Waals surface area contributed by atoms with Crippen molar-refractivity contribution in [3.05, 3.63) is 57.6 Å². The number of rotatable bonds is 5. The smallest absolute Gasteiger partial charge is 0.326 e. The topological polar surface area (TPSA) is 92.2 Å². The van der Waals surface area contributed by atoms with Crippen LogP contribution in [0.5, 0.6) is 0 Å². The maximum Gasteiger partial charge on any atom is 0.326 e. The van der Waals surface area contributed by atoms with Crippen LogP contribution in [0.4, 0.5) is 8.78 Å². The number of halogens is 3. The predicted octanol–water partition coefficient (Wildman–Crippen LogP) is 3.16. The Balaban J connectivity index is 1.88. The first-order valence-corrected chi connectivity index (χ1v) is 8.78. The van der Waals surface area contributed by atoms with Crippen LogP contribution in [0.15, 0.2) is 34.8 Å². The van der Waals surface area contributed by atoms with Crippen LogP contribution in [0.1, 0.15) is 15.9 Å². The molecule has 2 N–H and O–H groups in total. The van der Waals surface area contributed by atoms with E-state index in [1.165, 1.54) is 0 Å². The quantitative estimate of drug-likeness (QED) is 0.634. The second-order valence-electron chi connectivity index (χ2n) is 5.33. The second kappa shape index (κ2) is 7.42. The lowest BCUT2D eigenvalue weighted by Gasteiger charge is -2.15. The van der Waals surface area contributed by atoms with E-state index in [9.17, 15) is 23.5 Å². The van der Waals surface area contributed by atoms with Crippen LogP contribution in [-0.4, -0.2) is 31.8 Å². The number of nitrogens with one attached hydrogen (secondary N) is 1. The Morgan fingerprint density at radius 1 is 1.15 bits per heavy atom. The first-order valence-electron chi connectivity index (χ1n) is 7.26. The number of amides is 1. The average Bonchev–Trinajstić information content (AvgIpc) is 3.07. The van der Waals surface area contributed by atoms with Crippen LogP contribution < -0.4 is 5.32 Å². The minimum Gasteiger partial charge on any atom is -0.480 e. The molecular formula is C16H10BrF2N3O3S. The third kappa shape index (κ3) is 3.56. The summed E-state index contributed by atoms with van der Waals surface area (Å²) in [5.41, 5.74) is 0.791. The minimum atomic E-state index is -1.40. The standard InChI is InChI=1S/C16H10BrF2N3O3S/c17-8-5-4-7(13-14(8)22-26-21-13)6-11(16(24)25)20-15(23)12-9(18)2-1-3-10(12)19/h1-5,11H,6H2,(H,20,23)(H,24,25). The first kappa shape index (κ1) is 18.3. The van der Waals surface area contributed by atoms with Gasteiger partial charge >= 0.3 is 5.97 Å². The van der Waals surface area contributed by atoms with Gasteiger partial charge in [0.1, 0.15) is 34.3 Å². The molecule has 1 unspecified atom stereocenters. The molecular weight excluding hydrogens is 432 g/mol. The van der Waals surface area contributed by atoms with Crippen LogP contribution in [0, 0.1) is 11.6 Å². The van der Waals surface area contributed by atoms with E-state index in [-0.39, 0.29) is 6.42 Å². The highest BCUT2D eigenvalue weighted by atomic mass is 79.9. The number of carboxylic acids is 1. The van der Waals surface area contributed by atoms with Gasteiger partial charge in [-0.2, -0.15) is 8.75 Å². The fourth-order valence-electron chi connectivity index (χ4n) is 2.42. The van der Waals surface area contributed by atoms with Crippen molar-refractivity contribution >= 4 is 50.6 Å². The van der Waals surface area contributed by atoms with Gasteiger partial charge in [-0.3, -0.25) is 4.79 Å². The van der Waals surface area contributed by atoms with E-state index >= 15 is 0 Å². The van der Waals surface area contributed by atoms with E-state index in [2.05, 4.69) is 30.0 Å². The van der Waals surface area contributed by atoms with E-state index in [4.69, 9.17) is 0 Å². The summed E-state index contributed by atoms with van der Waals surface area (Å²) in [7, 11) is 0. The third-order valence-corrected chi connectivity index (χ3v) is 4.84. The van der Waals surface area contributed by atoms with Gasteiger partial charge in [0.15, 0.2) is 0 Å². The van der Waals surface area contributed by atoms with Crippen molar-refractivity contribution in [1.82, 2.24) is 14.1 Å². The number of benzene rings is 2. The lowest BCUT2D eigenvalue weighted by atomic mass is 10.0. The summed E-state index contributed by atoms with van der Waals surface area (Å²) in [6.07, 6.45) is -0.119. The summed E-state index contributed by atoms with van der Waals surface area (Å²) in [4.78, 5) is 23.7. The molecule has 1 atom stereocenters. The largest absolute Gasteiger partial charge is 0.480 e. The molecule has 3 aromatic rings. The van der Waals surface area contributed by atoms with Crippen molar-refractivity contribution in [3.8, 4) is 0 Å². The molecule has 6 nitrogen and oxygen atoms in total. The molecule has 0 radical (unpaired) electrons. The zero-order valence-corrected chi connectivity index (χ0v) is 15.3. The van der Waals surface area contributed by atoms with Crippen molar-refractivity contribution in [1.29, 1.82) is 0 Å². The van der Waals surface area contributed by atoms with Gasteiger partial charge in [0, 0.05) is 10.9 Å². The number of fused-ring (bicyclic) bond motifs is 1. The number of aliphatic carboxylic acids is 1. The lowest BCUT2D eigenvalue weighted by Crippen LogP contribution is -2.43. The van der Waals surface area contributed by atoms with E-state index in [0.29, 0.717) is 21.1 Å². The normalized spacial score (nSPS) is 12.1. The Morgan fingerprint density at radius 2 is 1.81 bits per heavy atom. The van der Waals surface area contributed by atoms with Gasteiger partial charge in [0.25, 0.3) is 5.91 Å². The van der Waals surface area contributed by atoms with Crippen molar-refractivity contribution in [2.24, 2.45) is 0 Å². The lowest BCUT2D eigenvalue weighted by molar-refractivity contribution is -0.139. The fraction of sp³-hybridized carbons (Fsp3) is 0.125. The van der Waals surface area contributed by atoms with E-state index < -0.39 is 35.1 Å². The molecule has 0 fully saturated rings. The summed E-state index contributed by atoms with van der Waals surface area (Å²) in [6, 6.07) is 4.91. The minimum absolute atomic E-state index is 0.119. The molecule has 0 aliphatic rings. The third-order valence-electron chi connectivity index (χ3n) is 3.67. The summed E-state index contributed by atoms with van der Waals surface area (Å²) < 4.78 is 36.4. The number of carboxylic acid groups (broad SMARTS) is 1. The summed E-state index contributed by atoms with van der Waals surface area (Å²) >= 11 is 4.29. The molecule has 0 saturated heterocycles. The molecule has 3 rings (SSSR count). The predicted molar refractivity (Wildman–Crippen MR) is 94.1 cm³/mol. The molecule has 0 saturated carbocycles. The molecule has 0 aliphatic heterocycles. The molecule has 0 spiro atoms. The number of carbonyl (C=O) groups is 2. The van der Waals surface area contributed by atoms with Gasteiger partial charge in [-0.05, 0) is 39.7 Å². The highest BCUT2D eigenvalue weighted by molar-refractivity contribution is 9.10. The van der Waals surface area contributed by atoms with Crippen molar-refractivity contribution in [2.45, 2.75) is 12.5 Å². The zero-order valence-electron chi connectivity index (χ0n) is 12.9. The molecule has 1 aromatic heterocycles. The van der Waals surface area contributed by atoms with Crippen LogP contribution in [0.3, 0.4) is 0 Å². The Bertz CT molecular complexity index is 991. The maximum atomic E-state index is 13.7. The van der Waals surface area contributed by atoms with Gasteiger partial charge in [-0.25, -0.2) is 13.6 Å². The van der Waals surface area contributed by atoms with Crippen LogP contribution >= 0.6 is 27.7 Å². The van der Waals surface area contributed by atoms with E-state index in [0.717, 1.165) is 29.9 Å². The summed E-state index contributed by atoms with van der Waals surface area (Å²) in [5.74, 6) is -4.62. The van der Waals surface area contributed by atoms with Crippen LogP contribution in [-0.2, 0) is 11.2 Å². The Morgan fingerprint density at radius 3 is 2.46 bits per heavy atom. The molecule has 0 bridgehead atoms. The average molecular weight is 442 g/mol. The molecule has 0 aliphatic carbocycles. The molecule has 2 aromatic carbocycles. The van der Waals surface area contributed by atoms with Gasteiger partial charge in [0.2, 0.25) is 0 Å². The van der Waals surface area contributed by atoms with Gasteiger partial charge in [-0.1, -0.05) is 12.1 Å². The fourth-order valence-corrected chi connectivity index (χ4v) is 3.54. The number of hydrogen-bond acceptors (Lipinski definition) is 5. The number of carbonyl (C=O) groups excluding carboxylic acids is 1. The molecule has 10 heteroatoms. The van der Waals surface area contributed by atoms with Crippen LogP contribution in [0.2, 0.25) is 0 Å². The SMILES string of the molecule is O=C(NC(Cc1ccc(Br)c2nsnc12)C(=O)O)c1c(F)cccc1F. The second-order valence-corrected chi connectivity index (χ2v) is 6.72. The Hall–Kier alpha value is -2.46. The monoisotopic (exact) mass is 441 g/mol. The van der Waals surface area contributed by atoms with Crippen molar-refractivity contribution < 1.29 is 23.5 Å². The van der Waals surface area contributed by atoms with Gasteiger partial charge < -0.3 is 10.4 Å². The highest BCUT2D eigenvalue weighted by Crippen LogP contribution is 2.26. The summed E-state index contributed by atoms with van der Waals surface area (Å²) in [5, 5.41) is 11.6. The number of hydrogen-bond donors (Lipinski definition) is 2. The van der Waals surface area contributed by atoms with E-state index in [1.54, 1.807) is 12.1 Å². The number of nitrogens with zero attached hydrogens (tertiary/aromatic N) is 2. The summed E-state index contributed by atoms with van der Waals surface area (Å²) in [6.45, 7) is 0. The van der Waals surface area contributed by atoms with E-state index in [1.807, 2.05) is 0 Å². The maximum absolute atomic E-state index is 13.7. The Kier molecular flexibility index (Phi) is 5.23. The molecule has 1 heterocycles. The van der Waals surface area contributed by atoms with Gasteiger partial charge in [0.05, 0.1) is 11.7 Å². The molecule has 1 amide bonds. The Labute approximate surface area is 158 Å². The molecule has 134 valence electrons. The van der Waals surface area contributed by atoms with Crippen molar-refractivity contribution in [2.75, 3.05) is 0 Å². The van der Waals surface area contributed by atoms with Crippen LogP contribution in [0.25, 0.3) is 11.0 Å². The van der Waals surface area contributed by atoms with Crippen molar-refractivity contribution in [3.63, 3.8) is 0 Å². The zero-order chi connectivity index (χ0) is 18.8. The molecule has 26 heavy (non-hydrogen) atoms.